The minimum absolute atomic E-state index is 0.104. The molecule has 32 heavy (non-hydrogen) atoms. The normalized spacial score (nSPS) is 19.2. The Balaban J connectivity index is 1.37. The van der Waals surface area contributed by atoms with Crippen LogP contribution in [0, 0.1) is 0 Å². The van der Waals surface area contributed by atoms with Crippen LogP contribution in [-0.4, -0.2) is 51.2 Å². The van der Waals surface area contributed by atoms with Crippen LogP contribution in [0.15, 0.2) is 42.5 Å². The molecule has 7 nitrogen and oxygen atoms in total. The number of carbonyl (C=O) groups is 1. The fraction of sp³-hybridized carbons (Fsp3) is 0.435. The van der Waals surface area contributed by atoms with Gasteiger partial charge in [-0.05, 0) is 55.3 Å². The van der Waals surface area contributed by atoms with Crippen LogP contribution in [0.4, 0.5) is 5.69 Å². The van der Waals surface area contributed by atoms with Gasteiger partial charge in [-0.25, -0.2) is 8.42 Å². The van der Waals surface area contributed by atoms with Gasteiger partial charge < -0.3 is 10.1 Å². The number of hydrogen-bond acceptors (Lipinski definition) is 5. The first-order valence-electron chi connectivity index (χ1n) is 10.8. The molecule has 172 valence electrons. The summed E-state index contributed by atoms with van der Waals surface area (Å²) >= 11 is 6.02. The Morgan fingerprint density at radius 3 is 2.47 bits per heavy atom. The maximum atomic E-state index is 12.8. The van der Waals surface area contributed by atoms with Crippen molar-refractivity contribution in [3.05, 3.63) is 58.6 Å². The number of rotatable bonds is 6. The second-order valence-corrected chi connectivity index (χ2v) is 10.7. The molecule has 2 aromatic rings. The number of piperidine rings is 1. The summed E-state index contributed by atoms with van der Waals surface area (Å²) in [6.07, 6.45) is 4.00. The van der Waals surface area contributed by atoms with Gasteiger partial charge in [0.1, 0.15) is 5.75 Å². The first-order chi connectivity index (χ1) is 15.3. The summed E-state index contributed by atoms with van der Waals surface area (Å²) < 4.78 is 31.5. The molecule has 0 radical (unpaired) electrons. The number of nitrogens with zero attached hydrogens (tertiary/aromatic N) is 2. The van der Waals surface area contributed by atoms with Crippen LogP contribution in [0.25, 0.3) is 0 Å². The van der Waals surface area contributed by atoms with E-state index in [1.165, 1.54) is 30.9 Å². The van der Waals surface area contributed by atoms with E-state index in [0.717, 1.165) is 35.8 Å². The molecule has 0 unspecified atom stereocenters. The quantitative estimate of drug-likeness (QED) is 0.691. The second-order valence-electron chi connectivity index (χ2n) is 8.38. The van der Waals surface area contributed by atoms with Crippen LogP contribution >= 0.6 is 11.6 Å². The second kappa shape index (κ2) is 9.68. The van der Waals surface area contributed by atoms with Gasteiger partial charge in [0.15, 0.2) is 6.10 Å². The maximum absolute atomic E-state index is 12.8. The molecule has 0 saturated carbocycles. The third-order valence-corrected chi connectivity index (χ3v) is 7.21. The lowest BCUT2D eigenvalue weighted by Crippen LogP contribution is -2.50. The zero-order valence-electron chi connectivity index (χ0n) is 18.1. The Hall–Kier alpha value is -2.29. The van der Waals surface area contributed by atoms with Crippen LogP contribution in [0.5, 0.6) is 5.75 Å². The molecule has 0 bridgehead atoms. The highest BCUT2D eigenvalue weighted by Gasteiger charge is 2.35. The lowest BCUT2D eigenvalue weighted by molar-refractivity contribution is -0.127. The van der Waals surface area contributed by atoms with E-state index in [2.05, 4.69) is 22.3 Å². The van der Waals surface area contributed by atoms with E-state index in [-0.39, 0.29) is 12.5 Å². The Labute approximate surface area is 194 Å². The summed E-state index contributed by atoms with van der Waals surface area (Å²) in [6.45, 7) is 3.49. The first kappa shape index (κ1) is 22.9. The number of amides is 1. The number of ether oxygens (including phenoxy) is 1. The van der Waals surface area contributed by atoms with Crippen molar-refractivity contribution >= 4 is 33.2 Å². The average Bonchev–Trinajstić information content (AvgIpc) is 2.77. The van der Waals surface area contributed by atoms with Crippen molar-refractivity contribution < 1.29 is 17.9 Å². The van der Waals surface area contributed by atoms with E-state index in [1.807, 2.05) is 12.1 Å². The van der Waals surface area contributed by atoms with Crippen LogP contribution in [0.3, 0.4) is 0 Å². The van der Waals surface area contributed by atoms with E-state index in [9.17, 15) is 13.2 Å². The van der Waals surface area contributed by atoms with Gasteiger partial charge in [-0.3, -0.25) is 14.0 Å². The van der Waals surface area contributed by atoms with Crippen LogP contribution in [-0.2, 0) is 27.9 Å². The molecule has 2 aliphatic rings. The topological polar surface area (TPSA) is 79.0 Å². The van der Waals surface area contributed by atoms with E-state index >= 15 is 0 Å². The third kappa shape index (κ3) is 5.54. The monoisotopic (exact) mass is 477 g/mol. The Morgan fingerprint density at radius 1 is 1.09 bits per heavy atom. The van der Waals surface area contributed by atoms with Gasteiger partial charge in [0, 0.05) is 18.1 Å². The summed E-state index contributed by atoms with van der Waals surface area (Å²) in [6, 6.07) is 12.9. The summed E-state index contributed by atoms with van der Waals surface area (Å²) in [4.78, 5) is 15.2. The summed E-state index contributed by atoms with van der Waals surface area (Å²) in [5.41, 5.74) is 2.58. The van der Waals surface area contributed by atoms with Crippen molar-refractivity contribution in [1.82, 2.24) is 10.2 Å². The largest absolute Gasteiger partial charge is 0.476 e. The van der Waals surface area contributed by atoms with Gasteiger partial charge in [0.05, 0.1) is 18.5 Å². The molecule has 0 aliphatic carbocycles. The standard InChI is InChI=1S/C23H28ClN3O4S/c1-32(29,30)27-16-22(31-21-10-9-19(24)13-20(21)27)23(28)25-14-17-5-7-18(8-6-17)15-26-11-3-2-4-12-26/h5-10,13,22H,2-4,11-12,14-16H2,1H3,(H,25,28)/t22-/m0/s1. The minimum atomic E-state index is -3.60. The Kier molecular flexibility index (Phi) is 6.93. The van der Waals surface area contributed by atoms with Crippen molar-refractivity contribution in [1.29, 1.82) is 0 Å². The van der Waals surface area contributed by atoms with Crippen LogP contribution in [0.2, 0.25) is 5.02 Å². The Morgan fingerprint density at radius 2 is 1.78 bits per heavy atom. The third-order valence-electron chi connectivity index (χ3n) is 5.83. The molecule has 0 aromatic heterocycles. The number of hydrogen-bond donors (Lipinski definition) is 1. The number of sulfonamides is 1. The lowest BCUT2D eigenvalue weighted by atomic mass is 10.1. The number of nitrogens with one attached hydrogen (secondary N) is 1. The molecule has 2 aliphatic heterocycles. The smallest absolute Gasteiger partial charge is 0.263 e. The molecule has 1 fully saturated rings. The lowest BCUT2D eigenvalue weighted by Gasteiger charge is -2.34. The number of likely N-dealkylation sites (tertiary alicyclic amines) is 1. The van der Waals surface area contributed by atoms with E-state index in [0.29, 0.717) is 23.0 Å². The molecule has 1 N–H and O–H groups in total. The fourth-order valence-electron chi connectivity index (χ4n) is 4.12. The minimum Gasteiger partial charge on any atom is -0.476 e. The molecular weight excluding hydrogens is 450 g/mol. The van der Waals surface area contributed by atoms with Gasteiger partial charge in [0.25, 0.3) is 5.91 Å². The van der Waals surface area contributed by atoms with Crippen molar-refractivity contribution in [3.8, 4) is 5.75 Å². The molecule has 1 amide bonds. The number of benzene rings is 2. The number of anilines is 1. The number of fused-ring (bicyclic) bond motifs is 1. The average molecular weight is 478 g/mol. The highest BCUT2D eigenvalue weighted by Crippen LogP contribution is 2.37. The highest BCUT2D eigenvalue weighted by molar-refractivity contribution is 7.92. The molecular formula is C23H28ClN3O4S. The zero-order valence-corrected chi connectivity index (χ0v) is 19.7. The number of carbonyl (C=O) groups excluding carboxylic acids is 1. The van der Waals surface area contributed by atoms with Gasteiger partial charge >= 0.3 is 0 Å². The summed E-state index contributed by atoms with van der Waals surface area (Å²) in [7, 11) is -3.60. The zero-order chi connectivity index (χ0) is 22.7. The van der Waals surface area contributed by atoms with Crippen molar-refractivity contribution in [2.24, 2.45) is 0 Å². The SMILES string of the molecule is CS(=O)(=O)N1C[C@@H](C(=O)NCc2ccc(CN3CCCCC3)cc2)Oc2ccc(Cl)cc21. The van der Waals surface area contributed by atoms with Crippen LogP contribution < -0.4 is 14.4 Å². The van der Waals surface area contributed by atoms with E-state index in [4.69, 9.17) is 16.3 Å². The predicted octanol–water partition coefficient (Wildman–Crippen LogP) is 3.17. The van der Waals surface area contributed by atoms with Gasteiger partial charge in [-0.2, -0.15) is 0 Å². The van der Waals surface area contributed by atoms with E-state index in [1.54, 1.807) is 12.1 Å². The highest BCUT2D eigenvalue weighted by atomic mass is 35.5. The summed E-state index contributed by atoms with van der Waals surface area (Å²) in [5, 5.41) is 3.26. The fourth-order valence-corrected chi connectivity index (χ4v) is 5.19. The molecule has 2 aromatic carbocycles. The number of halogens is 1. The molecule has 1 atom stereocenters. The maximum Gasteiger partial charge on any atom is 0.263 e. The van der Waals surface area contributed by atoms with Gasteiger partial charge in [-0.1, -0.05) is 42.3 Å². The molecule has 1 saturated heterocycles. The summed E-state index contributed by atoms with van der Waals surface area (Å²) in [5.74, 6) is -0.0510. The van der Waals surface area contributed by atoms with E-state index < -0.39 is 16.1 Å². The van der Waals surface area contributed by atoms with Crippen molar-refractivity contribution in [3.63, 3.8) is 0 Å². The van der Waals surface area contributed by atoms with Crippen molar-refractivity contribution in [2.45, 2.75) is 38.5 Å². The predicted molar refractivity (Wildman–Crippen MR) is 125 cm³/mol. The molecule has 4 rings (SSSR count). The first-order valence-corrected chi connectivity index (χ1v) is 13.0. The molecule has 9 heteroatoms. The van der Waals surface area contributed by atoms with Crippen molar-refractivity contribution in [2.75, 3.05) is 30.2 Å². The molecule has 2 heterocycles. The Bertz CT molecular complexity index is 1070. The van der Waals surface area contributed by atoms with Gasteiger partial charge in [0.2, 0.25) is 10.0 Å². The van der Waals surface area contributed by atoms with Gasteiger partial charge in [-0.15, -0.1) is 0 Å². The van der Waals surface area contributed by atoms with Crippen LogP contribution in [0.1, 0.15) is 30.4 Å². The molecule has 0 spiro atoms.